The van der Waals surface area contributed by atoms with Gasteiger partial charge in [0.2, 0.25) is 0 Å². The van der Waals surface area contributed by atoms with Gasteiger partial charge in [-0.1, -0.05) is 30.9 Å². The first kappa shape index (κ1) is 20.2. The van der Waals surface area contributed by atoms with Gasteiger partial charge in [0, 0.05) is 28.6 Å². The van der Waals surface area contributed by atoms with Gasteiger partial charge in [0.15, 0.2) is 11.7 Å². The first-order valence-corrected chi connectivity index (χ1v) is 8.20. The van der Waals surface area contributed by atoms with Crippen molar-refractivity contribution < 1.29 is 9.59 Å². The van der Waals surface area contributed by atoms with Gasteiger partial charge in [0.1, 0.15) is 5.70 Å². The lowest BCUT2D eigenvalue weighted by Gasteiger charge is -2.12. The molecule has 2 N–H and O–H groups in total. The zero-order valence-corrected chi connectivity index (χ0v) is 15.6. The number of anilines is 1. The molecule has 0 unspecified atom stereocenters. The molecule has 1 aromatic rings. The number of nitrogens with one attached hydrogen (secondary N) is 2. The van der Waals surface area contributed by atoms with Crippen molar-refractivity contribution in [3.05, 3.63) is 71.1 Å². The topological polar surface area (TPSA) is 58.2 Å². The lowest BCUT2D eigenvalue weighted by molar-refractivity contribution is 0.101. The van der Waals surface area contributed by atoms with E-state index < -0.39 is 0 Å². The summed E-state index contributed by atoms with van der Waals surface area (Å²) in [6.07, 6.45) is 5.28. The second kappa shape index (κ2) is 9.45. The highest BCUT2D eigenvalue weighted by Crippen LogP contribution is 2.21. The van der Waals surface area contributed by atoms with E-state index in [0.29, 0.717) is 22.9 Å². The minimum atomic E-state index is -0.0301. The molecule has 0 bridgehead atoms. The molecular weight excluding hydrogens is 312 g/mol. The van der Waals surface area contributed by atoms with Crippen LogP contribution in [0.3, 0.4) is 0 Å². The van der Waals surface area contributed by atoms with Crippen molar-refractivity contribution in [3.8, 4) is 0 Å². The van der Waals surface area contributed by atoms with Crippen molar-refractivity contribution >= 4 is 17.4 Å². The number of hydrogen-bond acceptors (Lipinski definition) is 4. The van der Waals surface area contributed by atoms with Crippen molar-refractivity contribution in [2.24, 2.45) is 0 Å². The monoisotopic (exact) mass is 338 g/mol. The molecule has 0 aliphatic rings. The normalized spacial score (nSPS) is 11.8. The molecule has 132 valence electrons. The molecule has 0 aliphatic carbocycles. The van der Waals surface area contributed by atoms with Gasteiger partial charge in [-0.15, -0.1) is 0 Å². The van der Waals surface area contributed by atoms with Gasteiger partial charge < -0.3 is 10.6 Å². The average molecular weight is 338 g/mol. The zero-order chi connectivity index (χ0) is 19.0. The lowest BCUT2D eigenvalue weighted by atomic mass is 10.1. The predicted molar refractivity (Wildman–Crippen MR) is 104 cm³/mol. The number of allylic oxidation sites excluding steroid dienone is 4. The summed E-state index contributed by atoms with van der Waals surface area (Å²) in [7, 11) is 0. The van der Waals surface area contributed by atoms with Crippen LogP contribution in [0.25, 0.3) is 0 Å². The molecular formula is C21H26N2O2. The quantitative estimate of drug-likeness (QED) is 0.420. The third kappa shape index (κ3) is 6.28. The molecule has 1 aromatic carbocycles. The van der Waals surface area contributed by atoms with Crippen LogP contribution < -0.4 is 10.6 Å². The second-order valence-electron chi connectivity index (χ2n) is 6.16. The molecule has 1 rings (SSSR count). The van der Waals surface area contributed by atoms with Crippen LogP contribution in [0.15, 0.2) is 60.0 Å². The van der Waals surface area contributed by atoms with Crippen LogP contribution in [0.1, 0.15) is 43.6 Å². The largest absolute Gasteiger partial charge is 0.386 e. The van der Waals surface area contributed by atoms with E-state index in [1.54, 1.807) is 24.3 Å². The smallest absolute Gasteiger partial charge is 0.159 e. The average Bonchev–Trinajstić information content (AvgIpc) is 2.54. The number of aryl methyl sites for hydroxylation is 1. The van der Waals surface area contributed by atoms with Crippen LogP contribution in [-0.4, -0.2) is 17.8 Å². The maximum Gasteiger partial charge on any atom is 0.159 e. The summed E-state index contributed by atoms with van der Waals surface area (Å²) in [5.41, 5.74) is 4.07. The Morgan fingerprint density at radius 2 is 1.92 bits per heavy atom. The van der Waals surface area contributed by atoms with Crippen molar-refractivity contribution in [2.75, 3.05) is 5.32 Å². The first-order chi connectivity index (χ1) is 11.8. The van der Waals surface area contributed by atoms with Crippen LogP contribution in [0.2, 0.25) is 0 Å². The third-order valence-corrected chi connectivity index (χ3v) is 3.54. The van der Waals surface area contributed by atoms with E-state index in [1.807, 2.05) is 31.9 Å². The Hall–Kier alpha value is -2.84. The Labute approximate surface area is 150 Å². The Morgan fingerprint density at radius 3 is 2.44 bits per heavy atom. The number of hydrogen-bond donors (Lipinski definition) is 2. The Bertz CT molecular complexity index is 764. The molecule has 0 spiro atoms. The van der Waals surface area contributed by atoms with E-state index in [4.69, 9.17) is 0 Å². The molecule has 0 aliphatic heterocycles. The zero-order valence-electron chi connectivity index (χ0n) is 15.6. The molecule has 0 fully saturated rings. The highest BCUT2D eigenvalue weighted by Gasteiger charge is 2.08. The fourth-order valence-corrected chi connectivity index (χ4v) is 2.24. The van der Waals surface area contributed by atoms with E-state index in [9.17, 15) is 9.59 Å². The number of rotatable bonds is 8. The predicted octanol–water partition coefficient (Wildman–Crippen LogP) is 4.34. The molecule has 25 heavy (non-hydrogen) atoms. The van der Waals surface area contributed by atoms with E-state index in [-0.39, 0.29) is 11.5 Å². The Morgan fingerprint density at radius 1 is 1.24 bits per heavy atom. The third-order valence-electron chi connectivity index (χ3n) is 3.54. The standard InChI is InChI=1S/C21H26N2O2/c1-7-18(11-9-16(5)22-14(2)3)21(13-24)23-20-12-19(17(6)25)10-8-15(20)4/h7-12,14,22-23H,1H2,2-6H3/b16-9+,18-11+. The van der Waals surface area contributed by atoms with Crippen molar-refractivity contribution in [1.82, 2.24) is 5.32 Å². The van der Waals surface area contributed by atoms with Gasteiger partial charge in [-0.2, -0.15) is 0 Å². The molecule has 0 heterocycles. The van der Waals surface area contributed by atoms with Crippen LogP contribution >= 0.6 is 0 Å². The second-order valence-corrected chi connectivity index (χ2v) is 6.16. The SMILES string of the molecule is C=C/C(=C\C=C(/C)NC(C)C)C(=C=O)Nc1cc(C(C)=O)ccc1C. The van der Waals surface area contributed by atoms with Crippen LogP contribution in [0.4, 0.5) is 5.69 Å². The van der Waals surface area contributed by atoms with Gasteiger partial charge in [-0.05, 0) is 52.3 Å². The number of carbonyl (C=O) groups is 1. The molecule has 0 amide bonds. The molecule has 0 saturated heterocycles. The number of ketones is 1. The molecule has 0 radical (unpaired) electrons. The summed E-state index contributed by atoms with van der Waals surface area (Å²) in [6, 6.07) is 5.67. The summed E-state index contributed by atoms with van der Waals surface area (Å²) >= 11 is 0. The molecule has 0 saturated carbocycles. The summed E-state index contributed by atoms with van der Waals surface area (Å²) in [6.45, 7) is 13.2. The van der Waals surface area contributed by atoms with Gasteiger partial charge in [0.05, 0.1) is 0 Å². The van der Waals surface area contributed by atoms with Gasteiger partial charge in [0.25, 0.3) is 0 Å². The van der Waals surface area contributed by atoms with Crippen LogP contribution in [0.5, 0.6) is 0 Å². The summed E-state index contributed by atoms with van der Waals surface area (Å²) in [5, 5.41) is 6.33. The van der Waals surface area contributed by atoms with E-state index in [0.717, 1.165) is 11.3 Å². The summed E-state index contributed by atoms with van der Waals surface area (Å²) in [5.74, 6) is 1.89. The molecule has 4 nitrogen and oxygen atoms in total. The highest BCUT2D eigenvalue weighted by molar-refractivity contribution is 5.95. The van der Waals surface area contributed by atoms with Crippen LogP contribution in [-0.2, 0) is 4.79 Å². The van der Waals surface area contributed by atoms with E-state index in [2.05, 4.69) is 31.1 Å². The fourth-order valence-electron chi connectivity index (χ4n) is 2.24. The van der Waals surface area contributed by atoms with Crippen LogP contribution in [0, 0.1) is 6.92 Å². The number of benzene rings is 1. The van der Waals surface area contributed by atoms with Crippen molar-refractivity contribution in [1.29, 1.82) is 0 Å². The maximum absolute atomic E-state index is 11.6. The molecule has 4 heteroatoms. The minimum absolute atomic E-state index is 0.0301. The van der Waals surface area contributed by atoms with Crippen molar-refractivity contribution in [3.63, 3.8) is 0 Å². The fraction of sp³-hybridized carbons (Fsp3) is 0.286. The number of Topliss-reactive ketones (excluding diaryl/α,β-unsaturated/α-hetero) is 1. The van der Waals surface area contributed by atoms with Gasteiger partial charge in [-0.3, -0.25) is 4.79 Å². The molecule has 0 atom stereocenters. The summed E-state index contributed by atoms with van der Waals surface area (Å²) in [4.78, 5) is 23.0. The summed E-state index contributed by atoms with van der Waals surface area (Å²) < 4.78 is 0. The Balaban J connectivity index is 3.13. The lowest BCUT2D eigenvalue weighted by Crippen LogP contribution is -2.20. The maximum atomic E-state index is 11.6. The minimum Gasteiger partial charge on any atom is -0.386 e. The molecule has 0 aromatic heterocycles. The van der Waals surface area contributed by atoms with E-state index >= 15 is 0 Å². The highest BCUT2D eigenvalue weighted by atomic mass is 16.1. The van der Waals surface area contributed by atoms with Gasteiger partial charge in [-0.25, -0.2) is 4.79 Å². The Kier molecular flexibility index (Phi) is 7.64. The van der Waals surface area contributed by atoms with E-state index in [1.165, 1.54) is 6.92 Å². The van der Waals surface area contributed by atoms with Crippen molar-refractivity contribution in [2.45, 2.75) is 40.7 Å². The van der Waals surface area contributed by atoms with Gasteiger partial charge >= 0.3 is 0 Å². The number of carbonyl (C=O) groups excluding carboxylic acids is 2. The first-order valence-electron chi connectivity index (χ1n) is 8.20.